The summed E-state index contributed by atoms with van der Waals surface area (Å²) in [6.45, 7) is 2.21. The third-order valence-corrected chi connectivity index (χ3v) is 10.5. The Balaban J connectivity index is 1.48. The smallest absolute Gasteiger partial charge is 0.235 e. The number of primary amides is 1. The van der Waals surface area contributed by atoms with Crippen LogP contribution in [0.4, 0.5) is 0 Å². The molecule has 1 aliphatic heterocycles. The lowest BCUT2D eigenvalue weighted by atomic mass is 9.52. The fourth-order valence-electron chi connectivity index (χ4n) is 7.88. The molecule has 1 aromatic heterocycles. The molecular weight excluding hydrogens is 558 g/mol. The van der Waals surface area contributed by atoms with E-state index in [0.29, 0.717) is 17.7 Å². The van der Waals surface area contributed by atoms with Crippen molar-refractivity contribution in [2.75, 3.05) is 27.2 Å². The van der Waals surface area contributed by atoms with Crippen molar-refractivity contribution in [3.05, 3.63) is 39.6 Å². The molecule has 6 unspecified atom stereocenters. The van der Waals surface area contributed by atoms with E-state index in [1.54, 1.807) is 14.1 Å². The minimum atomic E-state index is -2.73. The van der Waals surface area contributed by atoms with Gasteiger partial charge in [0.2, 0.25) is 5.91 Å². The molecule has 1 aromatic carbocycles. The molecule has 0 bridgehead atoms. The number of nitrogens with zero attached hydrogens (tertiary/aromatic N) is 2. The van der Waals surface area contributed by atoms with Crippen molar-refractivity contribution >= 4 is 40.4 Å². The van der Waals surface area contributed by atoms with E-state index in [9.17, 15) is 34.2 Å². The number of rotatable bonds is 5. The average molecular weight is 594 g/mol. The third kappa shape index (κ3) is 4.20. The van der Waals surface area contributed by atoms with Crippen LogP contribution in [0, 0.1) is 23.7 Å². The number of carbonyl (C=O) groups is 5. The molecule has 4 N–H and O–H groups in total. The molecule has 11 heteroatoms. The van der Waals surface area contributed by atoms with E-state index in [1.807, 2.05) is 22.9 Å². The van der Waals surface area contributed by atoms with E-state index in [2.05, 4.69) is 4.90 Å². The number of benzene rings is 1. The SMILES string of the molecule is CN(C)C1C(=O)C(C(N)=O)C(=O)C2(O)C(=O)C3C(=O)c4c(O)c(CN5CCCCC5)cc(-c5ccsc5)c4CC3CC12. The molecule has 1 amide bonds. The predicted molar refractivity (Wildman–Crippen MR) is 154 cm³/mol. The molecule has 6 atom stereocenters. The van der Waals surface area contributed by atoms with Crippen LogP contribution in [0.1, 0.15) is 47.2 Å². The zero-order valence-electron chi connectivity index (χ0n) is 23.7. The van der Waals surface area contributed by atoms with Gasteiger partial charge in [0.1, 0.15) is 5.75 Å². The maximum atomic E-state index is 14.3. The van der Waals surface area contributed by atoms with Crippen LogP contribution >= 0.6 is 11.3 Å². The molecule has 2 heterocycles. The highest BCUT2D eigenvalue weighted by Gasteiger charge is 2.69. The molecule has 1 saturated heterocycles. The summed E-state index contributed by atoms with van der Waals surface area (Å²) in [5, 5.41) is 27.3. The van der Waals surface area contributed by atoms with E-state index in [0.717, 1.165) is 43.5 Å². The van der Waals surface area contributed by atoms with Crippen LogP contribution < -0.4 is 5.73 Å². The normalized spacial score (nSPS) is 31.6. The summed E-state index contributed by atoms with van der Waals surface area (Å²) in [4.78, 5) is 71.2. The van der Waals surface area contributed by atoms with Gasteiger partial charge in [-0.3, -0.25) is 33.8 Å². The molecule has 2 saturated carbocycles. The number of amides is 1. The largest absolute Gasteiger partial charge is 0.507 e. The fraction of sp³-hybridized carbons (Fsp3) is 0.516. The van der Waals surface area contributed by atoms with E-state index in [1.165, 1.54) is 16.2 Å². The molecule has 2 aromatic rings. The van der Waals surface area contributed by atoms with Crippen LogP contribution in [0.5, 0.6) is 5.75 Å². The van der Waals surface area contributed by atoms with Gasteiger partial charge in [0.05, 0.1) is 17.5 Å². The maximum Gasteiger partial charge on any atom is 0.235 e. The van der Waals surface area contributed by atoms with Gasteiger partial charge in [0.25, 0.3) is 0 Å². The number of carbonyl (C=O) groups excluding carboxylic acids is 5. The fourth-order valence-corrected chi connectivity index (χ4v) is 8.54. The molecule has 3 fully saturated rings. The van der Waals surface area contributed by atoms with Gasteiger partial charge >= 0.3 is 0 Å². The van der Waals surface area contributed by atoms with Gasteiger partial charge in [-0.2, -0.15) is 11.3 Å². The first-order chi connectivity index (χ1) is 20.0. The first-order valence-corrected chi connectivity index (χ1v) is 15.4. The second-order valence-corrected chi connectivity index (χ2v) is 13.2. The average Bonchev–Trinajstić information content (AvgIpc) is 3.47. The third-order valence-electron chi connectivity index (χ3n) is 9.82. The molecule has 10 nitrogen and oxygen atoms in total. The number of ketones is 4. The number of piperidine rings is 1. The van der Waals surface area contributed by atoms with Crippen molar-refractivity contribution in [3.63, 3.8) is 0 Å². The highest BCUT2D eigenvalue weighted by Crippen LogP contribution is 2.52. The van der Waals surface area contributed by atoms with Crippen LogP contribution in [0.25, 0.3) is 11.1 Å². The molecule has 4 aliphatic rings. The second-order valence-electron chi connectivity index (χ2n) is 12.4. The number of phenolic OH excluding ortho intramolecular Hbond substituents is 1. The standard InChI is InChI=1S/C31H35N3O7S/c1-33(2)24-20-12-16-10-19-18(15-6-9-42-14-15)11-17(13-34-7-4-3-5-8-34)25(35)22(19)26(36)21(16)28(38)31(20,41)29(39)23(27(24)37)30(32)40/h6,9,11,14,16,20-21,23-24,35,41H,3-5,7-8,10,12-13H2,1-2H3,(H2,32,40). The second kappa shape index (κ2) is 10.5. The van der Waals surface area contributed by atoms with Crippen molar-refractivity contribution in [3.8, 4) is 16.9 Å². The quantitative estimate of drug-likeness (QED) is 0.438. The summed E-state index contributed by atoms with van der Waals surface area (Å²) in [6.07, 6.45) is 3.53. The summed E-state index contributed by atoms with van der Waals surface area (Å²) in [7, 11) is 3.15. The Morgan fingerprint density at radius 2 is 1.86 bits per heavy atom. The lowest BCUT2D eigenvalue weighted by Crippen LogP contribution is -2.74. The van der Waals surface area contributed by atoms with Crippen LogP contribution in [0.15, 0.2) is 22.9 Å². The zero-order valence-corrected chi connectivity index (χ0v) is 24.5. The summed E-state index contributed by atoms with van der Waals surface area (Å²) in [5.74, 6) is -10.2. The summed E-state index contributed by atoms with van der Waals surface area (Å²) >= 11 is 1.51. The monoisotopic (exact) mass is 593 g/mol. The highest BCUT2D eigenvalue weighted by molar-refractivity contribution is 7.08. The number of likely N-dealkylation sites (tertiary alicyclic amines) is 1. The Labute approximate surface area is 247 Å². The van der Waals surface area contributed by atoms with E-state index < -0.39 is 64.4 Å². The zero-order chi connectivity index (χ0) is 30.1. The van der Waals surface area contributed by atoms with Crippen LogP contribution in [0.3, 0.4) is 0 Å². The van der Waals surface area contributed by atoms with E-state index >= 15 is 0 Å². The number of likely N-dealkylation sites (N-methyl/N-ethyl adjacent to an activating group) is 1. The number of thiophene rings is 1. The summed E-state index contributed by atoms with van der Waals surface area (Å²) in [5.41, 5.74) is 5.66. The van der Waals surface area contributed by atoms with Crippen molar-refractivity contribution < 1.29 is 34.2 Å². The number of hydrogen-bond acceptors (Lipinski definition) is 10. The highest BCUT2D eigenvalue weighted by atomic mass is 32.1. The first kappa shape index (κ1) is 28.9. The van der Waals surface area contributed by atoms with Crippen molar-refractivity contribution in [2.24, 2.45) is 29.4 Å². The number of aliphatic hydroxyl groups is 1. The molecule has 0 radical (unpaired) electrons. The number of hydrogen-bond donors (Lipinski definition) is 3. The molecule has 3 aliphatic carbocycles. The van der Waals surface area contributed by atoms with Crippen molar-refractivity contribution in [2.45, 2.75) is 50.3 Å². The number of fused-ring (bicyclic) bond motifs is 3. The summed E-state index contributed by atoms with van der Waals surface area (Å²) in [6, 6.07) is 2.77. The number of phenols is 1. The van der Waals surface area contributed by atoms with Gasteiger partial charge in [-0.15, -0.1) is 0 Å². The van der Waals surface area contributed by atoms with E-state index in [-0.39, 0.29) is 24.2 Å². The topological polar surface area (TPSA) is 158 Å². The Hall–Kier alpha value is -3.25. The number of aromatic hydroxyl groups is 1. The minimum Gasteiger partial charge on any atom is -0.507 e. The lowest BCUT2D eigenvalue weighted by molar-refractivity contribution is -0.181. The Kier molecular flexibility index (Phi) is 7.20. The Morgan fingerprint density at radius 3 is 2.48 bits per heavy atom. The Bertz CT molecular complexity index is 1500. The van der Waals surface area contributed by atoms with Crippen LogP contribution in [-0.2, 0) is 32.1 Å². The lowest BCUT2D eigenvalue weighted by Gasteiger charge is -2.52. The van der Waals surface area contributed by atoms with Crippen LogP contribution in [0.2, 0.25) is 0 Å². The van der Waals surface area contributed by atoms with Gasteiger partial charge < -0.3 is 15.9 Å². The Morgan fingerprint density at radius 1 is 1.14 bits per heavy atom. The maximum absolute atomic E-state index is 14.3. The molecule has 42 heavy (non-hydrogen) atoms. The number of nitrogens with two attached hydrogens (primary N) is 1. The molecule has 0 spiro atoms. The minimum absolute atomic E-state index is 0.0310. The van der Waals surface area contributed by atoms with Gasteiger partial charge in [-0.25, -0.2) is 0 Å². The number of Topliss-reactive ketones (excluding diaryl/α,β-unsaturated/α-hetero) is 4. The summed E-state index contributed by atoms with van der Waals surface area (Å²) < 4.78 is 0. The van der Waals surface area contributed by atoms with Gasteiger partial charge in [0.15, 0.2) is 34.7 Å². The van der Waals surface area contributed by atoms with Gasteiger partial charge in [0, 0.05) is 18.0 Å². The van der Waals surface area contributed by atoms with Gasteiger partial charge in [-0.05, 0) is 98.4 Å². The van der Waals surface area contributed by atoms with Crippen LogP contribution in [-0.4, -0.2) is 87.9 Å². The molecular formula is C31H35N3O7S. The van der Waals surface area contributed by atoms with Crippen molar-refractivity contribution in [1.82, 2.24) is 9.80 Å². The van der Waals surface area contributed by atoms with Crippen molar-refractivity contribution in [1.29, 1.82) is 0 Å². The van der Waals surface area contributed by atoms with Gasteiger partial charge in [-0.1, -0.05) is 6.42 Å². The molecule has 6 rings (SSSR count). The predicted octanol–water partition coefficient (Wildman–Crippen LogP) is 1.58. The first-order valence-electron chi connectivity index (χ1n) is 14.4. The van der Waals surface area contributed by atoms with E-state index in [4.69, 9.17) is 5.73 Å². The molecule has 222 valence electrons.